The molecule has 0 bridgehead atoms. The number of ether oxygens (including phenoxy) is 2. The van der Waals surface area contributed by atoms with Gasteiger partial charge in [-0.3, -0.25) is 0 Å². The predicted molar refractivity (Wildman–Crippen MR) is 64.1 cm³/mol. The first kappa shape index (κ1) is 9.84. The standard InChI is InChI=1S/C13H10N2O2/c1-2-6-14-13(3-1)15-8-10-4-5-11-12(7-10)17-9-16-11/h1-8H,9H2/b15-8+. The lowest BCUT2D eigenvalue weighted by Crippen LogP contribution is -1.92. The van der Waals surface area contributed by atoms with Crippen LogP contribution in [0.1, 0.15) is 5.56 Å². The minimum absolute atomic E-state index is 0.288. The van der Waals surface area contributed by atoms with Gasteiger partial charge in [-0.05, 0) is 35.9 Å². The van der Waals surface area contributed by atoms with Crippen molar-refractivity contribution in [3.05, 3.63) is 48.2 Å². The van der Waals surface area contributed by atoms with Crippen LogP contribution in [0.25, 0.3) is 0 Å². The van der Waals surface area contributed by atoms with Gasteiger partial charge >= 0.3 is 0 Å². The van der Waals surface area contributed by atoms with Crippen LogP contribution in [0.5, 0.6) is 11.5 Å². The summed E-state index contributed by atoms with van der Waals surface area (Å²) >= 11 is 0. The lowest BCUT2D eigenvalue weighted by Gasteiger charge is -1.97. The topological polar surface area (TPSA) is 43.7 Å². The van der Waals surface area contributed by atoms with Crippen LogP contribution >= 0.6 is 0 Å². The minimum atomic E-state index is 0.288. The summed E-state index contributed by atoms with van der Waals surface area (Å²) in [5.41, 5.74) is 0.958. The number of benzene rings is 1. The van der Waals surface area contributed by atoms with Crippen LogP contribution in [0.15, 0.2) is 47.6 Å². The van der Waals surface area contributed by atoms with E-state index in [9.17, 15) is 0 Å². The molecule has 0 amide bonds. The summed E-state index contributed by atoms with van der Waals surface area (Å²) in [7, 11) is 0. The molecule has 2 heterocycles. The zero-order chi connectivity index (χ0) is 11.5. The van der Waals surface area contributed by atoms with E-state index in [4.69, 9.17) is 9.47 Å². The molecule has 0 N–H and O–H groups in total. The van der Waals surface area contributed by atoms with Crippen molar-refractivity contribution in [1.82, 2.24) is 4.98 Å². The Hall–Kier alpha value is -2.36. The molecule has 4 nitrogen and oxygen atoms in total. The zero-order valence-electron chi connectivity index (χ0n) is 9.04. The van der Waals surface area contributed by atoms with Crippen molar-refractivity contribution in [2.24, 2.45) is 4.99 Å². The minimum Gasteiger partial charge on any atom is -0.454 e. The van der Waals surface area contributed by atoms with E-state index < -0.39 is 0 Å². The van der Waals surface area contributed by atoms with E-state index in [2.05, 4.69) is 9.98 Å². The number of aliphatic imine (C=N–C) groups is 1. The molecule has 1 aromatic carbocycles. The Morgan fingerprint density at radius 2 is 2.06 bits per heavy atom. The molecule has 0 aliphatic carbocycles. The summed E-state index contributed by atoms with van der Waals surface area (Å²) in [4.78, 5) is 8.38. The van der Waals surface area contributed by atoms with Gasteiger partial charge in [0.05, 0.1) is 0 Å². The van der Waals surface area contributed by atoms with E-state index in [1.807, 2.05) is 36.4 Å². The van der Waals surface area contributed by atoms with Crippen molar-refractivity contribution in [3.8, 4) is 11.5 Å². The van der Waals surface area contributed by atoms with Crippen molar-refractivity contribution in [2.45, 2.75) is 0 Å². The van der Waals surface area contributed by atoms with E-state index in [0.29, 0.717) is 5.82 Å². The van der Waals surface area contributed by atoms with Gasteiger partial charge < -0.3 is 9.47 Å². The summed E-state index contributed by atoms with van der Waals surface area (Å²) in [6, 6.07) is 11.3. The maximum Gasteiger partial charge on any atom is 0.231 e. The highest BCUT2D eigenvalue weighted by atomic mass is 16.7. The molecular weight excluding hydrogens is 216 g/mol. The van der Waals surface area contributed by atoms with Crippen molar-refractivity contribution in [1.29, 1.82) is 0 Å². The summed E-state index contributed by atoms with van der Waals surface area (Å²) in [5.74, 6) is 2.22. The molecule has 1 aliphatic heterocycles. The molecule has 0 saturated carbocycles. The van der Waals surface area contributed by atoms with E-state index in [1.54, 1.807) is 12.4 Å². The molecule has 0 unspecified atom stereocenters. The van der Waals surface area contributed by atoms with Gasteiger partial charge in [-0.2, -0.15) is 0 Å². The lowest BCUT2D eigenvalue weighted by atomic mass is 10.2. The molecule has 0 spiro atoms. The summed E-state index contributed by atoms with van der Waals surface area (Å²) in [5, 5.41) is 0. The highest BCUT2D eigenvalue weighted by Gasteiger charge is 2.12. The average Bonchev–Trinajstić information content (AvgIpc) is 2.85. The molecule has 0 saturated heterocycles. The Morgan fingerprint density at radius 1 is 1.12 bits per heavy atom. The highest BCUT2D eigenvalue weighted by molar-refractivity contribution is 5.82. The fourth-order valence-electron chi connectivity index (χ4n) is 1.56. The molecule has 4 heteroatoms. The van der Waals surface area contributed by atoms with Crippen molar-refractivity contribution < 1.29 is 9.47 Å². The molecule has 2 aromatic rings. The molecule has 1 aliphatic rings. The van der Waals surface area contributed by atoms with Crippen LogP contribution in [0.4, 0.5) is 5.82 Å². The van der Waals surface area contributed by atoms with Crippen LogP contribution in [0.2, 0.25) is 0 Å². The van der Waals surface area contributed by atoms with E-state index in [-0.39, 0.29) is 6.79 Å². The van der Waals surface area contributed by atoms with Crippen LogP contribution in [0.3, 0.4) is 0 Å². The fourth-order valence-corrected chi connectivity index (χ4v) is 1.56. The number of nitrogens with zero attached hydrogens (tertiary/aromatic N) is 2. The Morgan fingerprint density at radius 3 is 2.94 bits per heavy atom. The maximum absolute atomic E-state index is 5.29. The molecule has 84 valence electrons. The third kappa shape index (κ3) is 2.10. The number of hydrogen-bond donors (Lipinski definition) is 0. The average molecular weight is 226 g/mol. The van der Waals surface area contributed by atoms with Crippen LogP contribution in [0, 0.1) is 0 Å². The van der Waals surface area contributed by atoms with Gasteiger partial charge in [0.2, 0.25) is 6.79 Å². The van der Waals surface area contributed by atoms with E-state index >= 15 is 0 Å². The van der Waals surface area contributed by atoms with Gasteiger partial charge in [0, 0.05) is 12.4 Å². The third-order valence-electron chi connectivity index (χ3n) is 2.39. The quantitative estimate of drug-likeness (QED) is 0.739. The zero-order valence-corrected chi connectivity index (χ0v) is 9.04. The lowest BCUT2D eigenvalue weighted by molar-refractivity contribution is 0.174. The Labute approximate surface area is 98.6 Å². The normalized spacial score (nSPS) is 13.2. The second kappa shape index (κ2) is 4.25. The van der Waals surface area contributed by atoms with Crippen LogP contribution in [-0.2, 0) is 0 Å². The first-order valence-electron chi connectivity index (χ1n) is 5.26. The predicted octanol–water partition coefficient (Wildman–Crippen LogP) is 2.56. The van der Waals surface area contributed by atoms with Gasteiger partial charge in [-0.25, -0.2) is 9.98 Å². The smallest absolute Gasteiger partial charge is 0.231 e. The maximum atomic E-state index is 5.29. The van der Waals surface area contributed by atoms with Gasteiger partial charge in [0.25, 0.3) is 0 Å². The first-order chi connectivity index (χ1) is 8.42. The van der Waals surface area contributed by atoms with Crippen molar-refractivity contribution in [3.63, 3.8) is 0 Å². The monoisotopic (exact) mass is 226 g/mol. The van der Waals surface area contributed by atoms with Gasteiger partial charge in [0.15, 0.2) is 17.3 Å². The summed E-state index contributed by atoms with van der Waals surface area (Å²) in [6.45, 7) is 0.288. The van der Waals surface area contributed by atoms with Gasteiger partial charge in [-0.1, -0.05) is 6.07 Å². The first-order valence-corrected chi connectivity index (χ1v) is 5.26. The molecular formula is C13H10N2O2. The molecule has 0 atom stereocenters. The highest BCUT2D eigenvalue weighted by Crippen LogP contribution is 2.32. The Kier molecular flexibility index (Phi) is 2.46. The second-order valence-corrected chi connectivity index (χ2v) is 3.56. The fraction of sp³-hybridized carbons (Fsp3) is 0.0769. The SMILES string of the molecule is C(=N\c1ccccn1)/c1ccc2c(c1)OCO2. The summed E-state index contributed by atoms with van der Waals surface area (Å²) in [6.07, 6.45) is 3.47. The Bertz CT molecular complexity index is 553. The van der Waals surface area contributed by atoms with Crippen LogP contribution < -0.4 is 9.47 Å². The second-order valence-electron chi connectivity index (χ2n) is 3.56. The Balaban J connectivity index is 1.84. The molecule has 1 aromatic heterocycles. The van der Waals surface area contributed by atoms with Crippen molar-refractivity contribution in [2.75, 3.05) is 6.79 Å². The third-order valence-corrected chi connectivity index (χ3v) is 2.39. The number of fused-ring (bicyclic) bond motifs is 1. The molecule has 3 rings (SSSR count). The van der Waals surface area contributed by atoms with Crippen molar-refractivity contribution >= 4 is 12.0 Å². The number of rotatable bonds is 2. The molecule has 17 heavy (non-hydrogen) atoms. The van der Waals surface area contributed by atoms with E-state index in [1.165, 1.54) is 0 Å². The van der Waals surface area contributed by atoms with E-state index in [0.717, 1.165) is 17.1 Å². The molecule has 0 radical (unpaired) electrons. The summed E-state index contributed by atoms with van der Waals surface area (Å²) < 4.78 is 10.5. The number of pyridine rings is 1. The number of aromatic nitrogens is 1. The largest absolute Gasteiger partial charge is 0.454 e. The van der Waals surface area contributed by atoms with Gasteiger partial charge in [-0.15, -0.1) is 0 Å². The number of hydrogen-bond acceptors (Lipinski definition) is 4. The molecule has 0 fully saturated rings. The van der Waals surface area contributed by atoms with Crippen LogP contribution in [-0.4, -0.2) is 18.0 Å². The van der Waals surface area contributed by atoms with Gasteiger partial charge in [0.1, 0.15) is 0 Å².